The second kappa shape index (κ2) is 8.24. The summed E-state index contributed by atoms with van der Waals surface area (Å²) in [5.74, 6) is -1.55. The molecule has 0 radical (unpaired) electrons. The number of aromatic hydroxyl groups is 1. The first kappa shape index (κ1) is 21.2. The Kier molecular flexibility index (Phi) is 5.63. The van der Waals surface area contributed by atoms with Gasteiger partial charge in [-0.1, -0.05) is 18.2 Å². The van der Waals surface area contributed by atoms with E-state index in [4.69, 9.17) is 13.9 Å². The van der Waals surface area contributed by atoms with Crippen LogP contribution in [0.1, 0.15) is 11.3 Å². The largest absolute Gasteiger partial charge is 0.507 e. The van der Waals surface area contributed by atoms with Crippen molar-refractivity contribution >= 4 is 11.0 Å². The molecule has 9 heteroatoms. The molecule has 0 atom stereocenters. The molecule has 0 aliphatic carbocycles. The maximum atomic E-state index is 14.0. The van der Waals surface area contributed by atoms with Gasteiger partial charge in [-0.2, -0.15) is 13.2 Å². The zero-order chi connectivity index (χ0) is 22.2. The van der Waals surface area contributed by atoms with E-state index in [1.807, 2.05) is 4.90 Å². The Morgan fingerprint density at radius 3 is 2.52 bits per heavy atom. The SMILES string of the molecule is COc1ccccc1-c1c(C(F)(F)F)oc2c(CN3CCOCC3)c(O)ccc2c1=O. The molecule has 3 aromatic rings. The van der Waals surface area contributed by atoms with Gasteiger partial charge in [0.15, 0.2) is 0 Å². The van der Waals surface area contributed by atoms with Crippen LogP contribution in [-0.4, -0.2) is 43.4 Å². The number of phenolic OH excluding ortho intramolecular Hbond substituents is 1. The summed E-state index contributed by atoms with van der Waals surface area (Å²) in [6.45, 7) is 2.17. The minimum atomic E-state index is -4.94. The van der Waals surface area contributed by atoms with Crippen LogP contribution < -0.4 is 10.2 Å². The fourth-order valence-electron chi connectivity index (χ4n) is 3.73. The summed E-state index contributed by atoms with van der Waals surface area (Å²) in [4.78, 5) is 15.2. The minimum Gasteiger partial charge on any atom is -0.507 e. The molecule has 2 heterocycles. The zero-order valence-electron chi connectivity index (χ0n) is 16.7. The van der Waals surface area contributed by atoms with Gasteiger partial charge in [-0.05, 0) is 18.2 Å². The number of methoxy groups -OCH3 is 1. The quantitative estimate of drug-likeness (QED) is 0.667. The summed E-state index contributed by atoms with van der Waals surface area (Å²) in [6, 6.07) is 8.53. The average Bonchev–Trinajstić information content (AvgIpc) is 2.75. The second-order valence-electron chi connectivity index (χ2n) is 7.16. The highest BCUT2D eigenvalue weighted by atomic mass is 19.4. The highest BCUT2D eigenvalue weighted by Crippen LogP contribution is 2.41. The summed E-state index contributed by atoms with van der Waals surface area (Å²) in [5, 5.41) is 10.3. The number of rotatable bonds is 4. The Bertz CT molecular complexity index is 1170. The van der Waals surface area contributed by atoms with Crippen LogP contribution in [0.3, 0.4) is 0 Å². The smallest absolute Gasteiger partial charge is 0.450 e. The van der Waals surface area contributed by atoms with Crippen LogP contribution in [0.4, 0.5) is 13.2 Å². The fourth-order valence-corrected chi connectivity index (χ4v) is 3.73. The molecule has 2 aromatic carbocycles. The van der Waals surface area contributed by atoms with Gasteiger partial charge < -0.3 is 19.0 Å². The summed E-state index contributed by atoms with van der Waals surface area (Å²) < 4.78 is 57.8. The highest BCUT2D eigenvalue weighted by molar-refractivity contribution is 5.87. The maximum absolute atomic E-state index is 14.0. The number of nitrogens with zero attached hydrogens (tertiary/aromatic N) is 1. The molecule has 1 N–H and O–H groups in total. The Morgan fingerprint density at radius 2 is 1.84 bits per heavy atom. The maximum Gasteiger partial charge on any atom is 0.450 e. The van der Waals surface area contributed by atoms with Crippen LogP contribution >= 0.6 is 0 Å². The van der Waals surface area contributed by atoms with E-state index in [0.29, 0.717) is 26.3 Å². The van der Waals surface area contributed by atoms with Gasteiger partial charge in [0, 0.05) is 25.2 Å². The van der Waals surface area contributed by atoms with Crippen LogP contribution in [0.2, 0.25) is 0 Å². The molecule has 1 aliphatic heterocycles. The number of ether oxygens (including phenoxy) is 2. The topological polar surface area (TPSA) is 72.1 Å². The Morgan fingerprint density at radius 1 is 1.13 bits per heavy atom. The number of alkyl halides is 3. The Hall–Kier alpha value is -3.04. The number of hydrogen-bond donors (Lipinski definition) is 1. The summed E-state index contributed by atoms with van der Waals surface area (Å²) in [7, 11) is 1.31. The van der Waals surface area contributed by atoms with Gasteiger partial charge in [-0.15, -0.1) is 0 Å². The van der Waals surface area contributed by atoms with E-state index in [1.54, 1.807) is 6.07 Å². The lowest BCUT2D eigenvalue weighted by Crippen LogP contribution is -2.35. The van der Waals surface area contributed by atoms with E-state index in [9.17, 15) is 23.1 Å². The van der Waals surface area contributed by atoms with Crippen LogP contribution in [-0.2, 0) is 17.5 Å². The van der Waals surface area contributed by atoms with Crippen molar-refractivity contribution in [2.45, 2.75) is 12.7 Å². The molecule has 164 valence electrons. The molecule has 1 aliphatic rings. The number of fused-ring (bicyclic) bond motifs is 1. The molecular weight excluding hydrogens is 415 g/mol. The minimum absolute atomic E-state index is 0.0178. The van der Waals surface area contributed by atoms with Crippen molar-refractivity contribution in [3.63, 3.8) is 0 Å². The number of phenols is 1. The normalized spacial score (nSPS) is 15.4. The molecule has 6 nitrogen and oxygen atoms in total. The molecule has 0 unspecified atom stereocenters. The molecule has 0 amide bonds. The van der Waals surface area contributed by atoms with Crippen LogP contribution in [0.25, 0.3) is 22.1 Å². The lowest BCUT2D eigenvalue weighted by Gasteiger charge is -2.27. The summed E-state index contributed by atoms with van der Waals surface area (Å²) in [5.41, 5.74) is -1.63. The van der Waals surface area contributed by atoms with Crippen molar-refractivity contribution < 1.29 is 32.2 Å². The molecular formula is C22H20F3NO5. The number of para-hydroxylation sites is 1. The standard InChI is InChI=1S/C22H20F3NO5/c1-29-17-5-3-2-4-13(17)18-19(28)14-6-7-16(27)15(12-26-8-10-30-11-9-26)20(14)31-21(18)22(23,24)25/h2-7,27H,8-12H2,1H3. The number of hydrogen-bond acceptors (Lipinski definition) is 6. The monoisotopic (exact) mass is 435 g/mol. The van der Waals surface area contributed by atoms with Crippen LogP contribution in [0.5, 0.6) is 11.5 Å². The Labute approximate surface area is 175 Å². The predicted octanol–water partition coefficient (Wildman–Crippen LogP) is 4.03. The van der Waals surface area contributed by atoms with E-state index in [0.717, 1.165) is 0 Å². The third-order valence-corrected chi connectivity index (χ3v) is 5.26. The van der Waals surface area contributed by atoms with Crippen LogP contribution in [0, 0.1) is 0 Å². The lowest BCUT2D eigenvalue weighted by atomic mass is 9.99. The predicted molar refractivity (Wildman–Crippen MR) is 107 cm³/mol. The van der Waals surface area contributed by atoms with Crippen molar-refractivity contribution in [3.05, 3.63) is 57.9 Å². The molecule has 1 fully saturated rings. The number of morpholine rings is 1. The Balaban J connectivity index is 1.99. The molecule has 31 heavy (non-hydrogen) atoms. The van der Waals surface area contributed by atoms with Gasteiger partial charge in [0.25, 0.3) is 0 Å². The van der Waals surface area contributed by atoms with Crippen molar-refractivity contribution in [3.8, 4) is 22.6 Å². The molecule has 0 saturated carbocycles. The molecule has 4 rings (SSSR count). The molecule has 1 saturated heterocycles. The van der Waals surface area contributed by atoms with Crippen molar-refractivity contribution in [1.29, 1.82) is 0 Å². The van der Waals surface area contributed by atoms with E-state index in [2.05, 4.69) is 0 Å². The molecule has 0 bridgehead atoms. The van der Waals surface area contributed by atoms with Gasteiger partial charge in [0.2, 0.25) is 11.2 Å². The van der Waals surface area contributed by atoms with E-state index < -0.39 is 22.9 Å². The lowest BCUT2D eigenvalue weighted by molar-refractivity contribution is -0.152. The van der Waals surface area contributed by atoms with Crippen molar-refractivity contribution in [2.75, 3.05) is 33.4 Å². The first-order chi connectivity index (χ1) is 14.8. The summed E-state index contributed by atoms with van der Waals surface area (Å²) in [6.07, 6.45) is -4.94. The number of halogens is 3. The summed E-state index contributed by atoms with van der Waals surface area (Å²) >= 11 is 0. The van der Waals surface area contributed by atoms with E-state index >= 15 is 0 Å². The molecule has 0 spiro atoms. The third-order valence-electron chi connectivity index (χ3n) is 5.26. The second-order valence-corrected chi connectivity index (χ2v) is 7.16. The van der Waals surface area contributed by atoms with Crippen molar-refractivity contribution in [2.24, 2.45) is 0 Å². The van der Waals surface area contributed by atoms with E-state index in [-0.39, 0.29) is 40.1 Å². The van der Waals surface area contributed by atoms with Gasteiger partial charge in [0.05, 0.1) is 36.8 Å². The van der Waals surface area contributed by atoms with Gasteiger partial charge in [0.1, 0.15) is 17.1 Å². The average molecular weight is 435 g/mol. The zero-order valence-corrected chi connectivity index (χ0v) is 16.7. The van der Waals surface area contributed by atoms with Crippen molar-refractivity contribution in [1.82, 2.24) is 4.90 Å². The van der Waals surface area contributed by atoms with Gasteiger partial charge >= 0.3 is 6.18 Å². The third kappa shape index (κ3) is 3.98. The van der Waals surface area contributed by atoms with Crippen LogP contribution in [0.15, 0.2) is 45.6 Å². The highest BCUT2D eigenvalue weighted by Gasteiger charge is 2.40. The van der Waals surface area contributed by atoms with Gasteiger partial charge in [-0.25, -0.2) is 0 Å². The number of benzene rings is 2. The fraction of sp³-hybridized carbons (Fsp3) is 0.318. The first-order valence-electron chi connectivity index (χ1n) is 9.63. The van der Waals surface area contributed by atoms with Gasteiger partial charge in [-0.3, -0.25) is 9.69 Å². The molecule has 1 aromatic heterocycles. The van der Waals surface area contributed by atoms with E-state index in [1.165, 1.54) is 37.4 Å². The first-order valence-corrected chi connectivity index (χ1v) is 9.63.